The highest BCUT2D eigenvalue weighted by Crippen LogP contribution is 2.32. The van der Waals surface area contributed by atoms with Crippen LogP contribution in [0.25, 0.3) is 0 Å². The summed E-state index contributed by atoms with van der Waals surface area (Å²) < 4.78 is 32.0. The number of ether oxygens (including phenoxy) is 5. The zero-order valence-corrected chi connectivity index (χ0v) is 21.9. The van der Waals surface area contributed by atoms with Crippen molar-refractivity contribution in [3.8, 4) is 0 Å². The van der Waals surface area contributed by atoms with Gasteiger partial charge in [-0.2, -0.15) is 0 Å². The van der Waals surface area contributed by atoms with Crippen molar-refractivity contribution in [2.75, 3.05) is 0 Å². The molecule has 0 aromatic heterocycles. The first-order valence-corrected chi connectivity index (χ1v) is 13.2. The van der Waals surface area contributed by atoms with Crippen molar-refractivity contribution >= 4 is 0 Å². The van der Waals surface area contributed by atoms with Gasteiger partial charge >= 0.3 is 0 Å². The molecule has 39 heavy (non-hydrogen) atoms. The third kappa shape index (κ3) is 7.65. The lowest BCUT2D eigenvalue weighted by Crippen LogP contribution is -2.55. The highest BCUT2D eigenvalue weighted by Gasteiger charge is 2.46. The van der Waals surface area contributed by atoms with Gasteiger partial charge in [-0.1, -0.05) is 128 Å². The van der Waals surface area contributed by atoms with Gasteiger partial charge in [0.25, 0.3) is 0 Å². The highest BCUT2D eigenvalue weighted by atomic mass is 16.7. The number of hydrogen-bond donors (Lipinski definition) is 0. The van der Waals surface area contributed by atoms with E-state index in [1.54, 1.807) is 0 Å². The second-order valence-corrected chi connectivity index (χ2v) is 9.49. The maximum absolute atomic E-state index is 6.55. The molecule has 1 fully saturated rings. The Morgan fingerprint density at radius 1 is 0.462 bits per heavy atom. The Morgan fingerprint density at radius 2 is 0.821 bits per heavy atom. The van der Waals surface area contributed by atoms with E-state index < -0.39 is 24.6 Å². The van der Waals surface area contributed by atoms with Crippen LogP contribution in [0.2, 0.25) is 0 Å². The lowest BCUT2D eigenvalue weighted by atomic mass is 10.0. The van der Waals surface area contributed by atoms with Crippen molar-refractivity contribution in [2.24, 2.45) is 0 Å². The molecule has 0 unspecified atom stereocenters. The van der Waals surface area contributed by atoms with Gasteiger partial charge in [0.2, 0.25) is 6.29 Å². The van der Waals surface area contributed by atoms with E-state index in [1.807, 2.05) is 121 Å². The largest absolute Gasteiger partial charge is 0.464 e. The Hall–Kier alpha value is -3.74. The van der Waals surface area contributed by atoms with E-state index in [2.05, 4.69) is 6.58 Å². The van der Waals surface area contributed by atoms with Crippen LogP contribution >= 0.6 is 0 Å². The Morgan fingerprint density at radius 3 is 1.26 bits per heavy atom. The molecule has 1 aliphatic heterocycles. The van der Waals surface area contributed by atoms with Crippen molar-refractivity contribution in [1.29, 1.82) is 0 Å². The average molecular weight is 523 g/mol. The predicted molar refractivity (Wildman–Crippen MR) is 150 cm³/mol. The standard InChI is InChI=1S/C34H34O5/c1-26-31(35-22-27-14-6-2-7-15-27)32(36-23-28-16-8-3-9-17-28)33(37-24-29-18-10-4-11-19-29)34(39-26)38-25-30-20-12-5-13-21-30/h2-21,31-34H,1,22-25H2/t31-,32+,33-,34-/m1/s1. The number of rotatable bonds is 12. The summed E-state index contributed by atoms with van der Waals surface area (Å²) in [5, 5.41) is 0. The molecule has 0 amide bonds. The molecule has 200 valence electrons. The first-order chi connectivity index (χ1) is 19.3. The van der Waals surface area contributed by atoms with E-state index in [-0.39, 0.29) is 0 Å². The smallest absolute Gasteiger partial charge is 0.229 e. The van der Waals surface area contributed by atoms with Gasteiger partial charge in [-0.3, -0.25) is 0 Å². The van der Waals surface area contributed by atoms with Gasteiger partial charge in [0.1, 0.15) is 24.1 Å². The van der Waals surface area contributed by atoms with Crippen molar-refractivity contribution in [2.45, 2.75) is 51.0 Å². The molecule has 0 aliphatic carbocycles. The molecule has 4 aromatic rings. The minimum absolute atomic E-state index is 0.366. The van der Waals surface area contributed by atoms with Crippen LogP contribution in [-0.2, 0) is 50.1 Å². The van der Waals surface area contributed by atoms with Gasteiger partial charge in [-0.05, 0) is 22.3 Å². The molecule has 4 atom stereocenters. The van der Waals surface area contributed by atoms with Crippen LogP contribution in [0.15, 0.2) is 134 Å². The van der Waals surface area contributed by atoms with E-state index in [9.17, 15) is 0 Å². The Kier molecular flexibility index (Phi) is 9.55. The summed E-state index contributed by atoms with van der Waals surface area (Å²) in [6.45, 7) is 5.73. The SMILES string of the molecule is C=C1O[C@@H](OCc2ccccc2)[C@H](OCc2ccccc2)[C@@H](OCc2ccccc2)[C@@H]1OCc1ccccc1. The second kappa shape index (κ2) is 13.9. The molecule has 0 radical (unpaired) electrons. The van der Waals surface area contributed by atoms with E-state index >= 15 is 0 Å². The predicted octanol–water partition coefficient (Wildman–Crippen LogP) is 6.83. The molecule has 1 aliphatic rings. The van der Waals surface area contributed by atoms with E-state index in [0.29, 0.717) is 32.2 Å². The molecule has 1 saturated heterocycles. The fraction of sp³-hybridized carbons (Fsp3) is 0.235. The summed E-state index contributed by atoms with van der Waals surface area (Å²) in [6, 6.07) is 40.1. The first kappa shape index (κ1) is 26.9. The van der Waals surface area contributed by atoms with Crippen molar-refractivity contribution in [3.63, 3.8) is 0 Å². The molecule has 0 bridgehead atoms. The Bertz CT molecular complexity index is 1260. The summed E-state index contributed by atoms with van der Waals surface area (Å²) >= 11 is 0. The second-order valence-electron chi connectivity index (χ2n) is 9.49. The van der Waals surface area contributed by atoms with Crippen LogP contribution in [0.4, 0.5) is 0 Å². The maximum Gasteiger partial charge on any atom is 0.229 e. The van der Waals surface area contributed by atoms with E-state index in [1.165, 1.54) is 0 Å². The number of benzene rings is 4. The molecular formula is C34H34O5. The van der Waals surface area contributed by atoms with Crippen LogP contribution < -0.4 is 0 Å². The highest BCUT2D eigenvalue weighted by molar-refractivity contribution is 5.17. The zero-order chi connectivity index (χ0) is 26.7. The molecule has 1 heterocycles. The van der Waals surface area contributed by atoms with Gasteiger partial charge in [0.05, 0.1) is 26.4 Å². The van der Waals surface area contributed by atoms with Crippen LogP contribution in [-0.4, -0.2) is 24.6 Å². The van der Waals surface area contributed by atoms with Gasteiger partial charge in [0.15, 0.2) is 0 Å². The van der Waals surface area contributed by atoms with Crippen LogP contribution in [0.1, 0.15) is 22.3 Å². The lowest BCUT2D eigenvalue weighted by molar-refractivity contribution is -0.280. The molecule has 4 aromatic carbocycles. The lowest BCUT2D eigenvalue weighted by Gasteiger charge is -2.43. The topological polar surface area (TPSA) is 46.2 Å². The summed E-state index contributed by atoms with van der Waals surface area (Å²) in [5.41, 5.74) is 4.20. The third-order valence-electron chi connectivity index (χ3n) is 6.58. The van der Waals surface area contributed by atoms with Crippen molar-refractivity contribution in [1.82, 2.24) is 0 Å². The van der Waals surface area contributed by atoms with Crippen LogP contribution in [0.3, 0.4) is 0 Å². The molecule has 0 saturated carbocycles. The summed E-state index contributed by atoms with van der Waals surface area (Å²) in [4.78, 5) is 0. The summed E-state index contributed by atoms with van der Waals surface area (Å²) in [5.74, 6) is 0.460. The van der Waals surface area contributed by atoms with Crippen LogP contribution in [0.5, 0.6) is 0 Å². The molecule has 5 heteroatoms. The molecular weight excluding hydrogens is 488 g/mol. The number of hydrogen-bond acceptors (Lipinski definition) is 5. The third-order valence-corrected chi connectivity index (χ3v) is 6.58. The van der Waals surface area contributed by atoms with Gasteiger partial charge in [0, 0.05) is 0 Å². The molecule has 0 spiro atoms. The van der Waals surface area contributed by atoms with Gasteiger partial charge < -0.3 is 23.7 Å². The van der Waals surface area contributed by atoms with Crippen molar-refractivity contribution in [3.05, 3.63) is 156 Å². The first-order valence-electron chi connectivity index (χ1n) is 13.2. The molecule has 5 rings (SSSR count). The normalized spacial score (nSPS) is 20.9. The Balaban J connectivity index is 1.39. The minimum Gasteiger partial charge on any atom is -0.464 e. The average Bonchev–Trinajstić information content (AvgIpc) is 3.00. The van der Waals surface area contributed by atoms with E-state index in [4.69, 9.17) is 23.7 Å². The van der Waals surface area contributed by atoms with Crippen LogP contribution in [0, 0.1) is 0 Å². The summed E-state index contributed by atoms with van der Waals surface area (Å²) in [7, 11) is 0. The molecule has 5 nitrogen and oxygen atoms in total. The van der Waals surface area contributed by atoms with Gasteiger partial charge in [-0.15, -0.1) is 0 Å². The fourth-order valence-electron chi connectivity index (χ4n) is 4.51. The fourth-order valence-corrected chi connectivity index (χ4v) is 4.51. The summed E-state index contributed by atoms with van der Waals surface area (Å²) in [6.07, 6.45) is -2.35. The molecule has 0 N–H and O–H groups in total. The maximum atomic E-state index is 6.55. The van der Waals surface area contributed by atoms with Crippen molar-refractivity contribution < 1.29 is 23.7 Å². The zero-order valence-electron chi connectivity index (χ0n) is 21.9. The van der Waals surface area contributed by atoms with E-state index in [0.717, 1.165) is 22.3 Å². The minimum atomic E-state index is -0.723. The Labute approximate surface area is 230 Å². The quantitative estimate of drug-likeness (QED) is 0.204. The monoisotopic (exact) mass is 522 g/mol. The van der Waals surface area contributed by atoms with Gasteiger partial charge in [-0.25, -0.2) is 0 Å².